The quantitative estimate of drug-likeness (QED) is 0.770. The smallest absolute Gasteiger partial charge is 0.386 e. The van der Waals surface area contributed by atoms with E-state index in [1.165, 1.54) is 0 Å². The van der Waals surface area contributed by atoms with Gasteiger partial charge >= 0.3 is 6.36 Å². The molecule has 9 heteroatoms. The highest BCUT2D eigenvalue weighted by molar-refractivity contribution is 9.10. The second-order valence-corrected chi connectivity index (χ2v) is 4.01. The van der Waals surface area contributed by atoms with Gasteiger partial charge in [-0.2, -0.15) is 0 Å². The molecule has 1 rings (SSSR count). The predicted molar refractivity (Wildman–Crippen MR) is 53.8 cm³/mol. The molecular formula is C7HBrCl2F3NO2. The summed E-state index contributed by atoms with van der Waals surface area (Å²) in [5, 5.41) is -1.43. The lowest BCUT2D eigenvalue weighted by atomic mass is 10.4. The summed E-state index contributed by atoms with van der Waals surface area (Å²) in [7, 11) is 0. The molecule has 0 saturated heterocycles. The number of hydrogen-bond acceptors (Lipinski definition) is 3. The first-order valence-corrected chi connectivity index (χ1v) is 5.07. The third-order valence-corrected chi connectivity index (χ3v) is 2.71. The summed E-state index contributed by atoms with van der Waals surface area (Å²) in [6.45, 7) is 0. The topological polar surface area (TPSA) is 39.2 Å². The zero-order valence-corrected chi connectivity index (χ0v) is 10.2. The van der Waals surface area contributed by atoms with Crippen LogP contribution in [0.25, 0.3) is 0 Å². The summed E-state index contributed by atoms with van der Waals surface area (Å²) in [4.78, 5) is 14.0. The van der Waals surface area contributed by atoms with E-state index in [1.54, 1.807) is 0 Å². The van der Waals surface area contributed by atoms with Gasteiger partial charge in [-0.15, -0.1) is 13.2 Å². The Morgan fingerprint density at radius 2 is 2.06 bits per heavy atom. The molecule has 0 aromatic carbocycles. The van der Waals surface area contributed by atoms with E-state index in [4.69, 9.17) is 23.2 Å². The van der Waals surface area contributed by atoms with Gasteiger partial charge in [0.2, 0.25) is 5.88 Å². The van der Waals surface area contributed by atoms with Crippen LogP contribution in [0.4, 0.5) is 13.2 Å². The van der Waals surface area contributed by atoms with Gasteiger partial charge in [0.05, 0.1) is 0 Å². The molecule has 0 spiro atoms. The van der Waals surface area contributed by atoms with Crippen molar-refractivity contribution >= 4 is 44.4 Å². The Labute approximate surface area is 106 Å². The second-order valence-electron chi connectivity index (χ2n) is 2.43. The number of alkyl halides is 3. The molecule has 0 N–H and O–H groups in total. The van der Waals surface area contributed by atoms with E-state index in [1.807, 2.05) is 0 Å². The summed E-state index contributed by atoms with van der Waals surface area (Å²) < 4.78 is 39.3. The zero-order valence-electron chi connectivity index (χ0n) is 7.11. The minimum absolute atomic E-state index is 0.0208. The molecule has 3 nitrogen and oxygen atoms in total. The number of carbonyl (C=O) groups excluding carboxylic acids is 1. The number of rotatable bonds is 2. The van der Waals surface area contributed by atoms with Crippen LogP contribution in [0.5, 0.6) is 5.88 Å². The van der Waals surface area contributed by atoms with Gasteiger partial charge in [-0.25, -0.2) is 4.98 Å². The van der Waals surface area contributed by atoms with Gasteiger partial charge in [-0.1, -0.05) is 11.6 Å². The van der Waals surface area contributed by atoms with E-state index < -0.39 is 28.2 Å². The maximum atomic E-state index is 11.9. The van der Waals surface area contributed by atoms with Crippen molar-refractivity contribution < 1.29 is 22.7 Å². The average Bonchev–Trinajstić information content (AvgIpc) is 2.10. The Balaban J connectivity index is 3.22. The summed E-state index contributed by atoms with van der Waals surface area (Å²) >= 11 is 13.4. The normalized spacial score (nSPS) is 11.4. The lowest BCUT2D eigenvalue weighted by molar-refractivity contribution is -0.276. The molecule has 0 radical (unpaired) electrons. The third-order valence-electron chi connectivity index (χ3n) is 1.30. The fourth-order valence-corrected chi connectivity index (χ4v) is 1.37. The molecule has 0 aliphatic rings. The van der Waals surface area contributed by atoms with Crippen LogP contribution in [0.1, 0.15) is 10.5 Å². The van der Waals surface area contributed by atoms with Crippen molar-refractivity contribution in [3.8, 4) is 5.88 Å². The molecule has 0 aliphatic carbocycles. The van der Waals surface area contributed by atoms with E-state index in [2.05, 4.69) is 25.7 Å². The molecule has 0 amide bonds. The van der Waals surface area contributed by atoms with Gasteiger partial charge in [0.25, 0.3) is 5.24 Å². The van der Waals surface area contributed by atoms with Gasteiger partial charge < -0.3 is 4.74 Å². The molecule has 0 bridgehead atoms. The van der Waals surface area contributed by atoms with Crippen LogP contribution < -0.4 is 4.74 Å². The fourth-order valence-electron chi connectivity index (χ4n) is 0.754. The van der Waals surface area contributed by atoms with Crippen LogP contribution in [-0.4, -0.2) is 16.6 Å². The van der Waals surface area contributed by atoms with Crippen molar-refractivity contribution in [2.45, 2.75) is 6.36 Å². The Kier molecular flexibility index (Phi) is 4.03. The number of pyridine rings is 1. The molecule has 0 aliphatic heterocycles. The van der Waals surface area contributed by atoms with E-state index in [9.17, 15) is 18.0 Å². The first-order valence-electron chi connectivity index (χ1n) is 3.52. The standard InChI is InChI=1S/C7HBrCl2F3NO2/c8-2-1-3(5(10)15)14-6(4(2)9)16-7(11,12)13/h1H. The van der Waals surface area contributed by atoms with Crippen LogP contribution >= 0.6 is 39.1 Å². The zero-order chi connectivity index (χ0) is 12.5. The molecule has 0 atom stereocenters. The van der Waals surface area contributed by atoms with Crippen LogP contribution in [0.15, 0.2) is 10.5 Å². The fraction of sp³-hybridized carbons (Fsp3) is 0.143. The van der Waals surface area contributed by atoms with Crippen LogP contribution in [-0.2, 0) is 0 Å². The molecular weight excluding hydrogens is 338 g/mol. The molecule has 1 aromatic rings. The van der Waals surface area contributed by atoms with Gasteiger partial charge in [0.15, 0.2) is 0 Å². The molecule has 1 aromatic heterocycles. The first-order chi connectivity index (χ1) is 7.20. The largest absolute Gasteiger partial charge is 0.574 e. The molecule has 1 heterocycles. The first kappa shape index (κ1) is 13.5. The van der Waals surface area contributed by atoms with E-state index in [0.29, 0.717) is 0 Å². The average molecular weight is 339 g/mol. The monoisotopic (exact) mass is 337 g/mol. The van der Waals surface area contributed by atoms with Gasteiger partial charge in [-0.05, 0) is 33.6 Å². The number of ether oxygens (including phenoxy) is 1. The van der Waals surface area contributed by atoms with E-state index >= 15 is 0 Å². The van der Waals surface area contributed by atoms with Crippen molar-refractivity contribution in [3.05, 3.63) is 21.3 Å². The van der Waals surface area contributed by atoms with Crippen LogP contribution in [0, 0.1) is 0 Å². The van der Waals surface area contributed by atoms with Crippen molar-refractivity contribution in [2.24, 2.45) is 0 Å². The Morgan fingerprint density at radius 1 is 1.50 bits per heavy atom. The highest BCUT2D eigenvalue weighted by Gasteiger charge is 2.33. The minimum atomic E-state index is -4.95. The van der Waals surface area contributed by atoms with Crippen molar-refractivity contribution in [1.29, 1.82) is 0 Å². The number of nitrogens with zero attached hydrogens (tertiary/aromatic N) is 1. The van der Waals surface area contributed by atoms with Crippen molar-refractivity contribution in [2.75, 3.05) is 0 Å². The Bertz CT molecular complexity index is 438. The van der Waals surface area contributed by atoms with E-state index in [0.717, 1.165) is 6.07 Å². The lowest BCUT2D eigenvalue weighted by Gasteiger charge is -2.10. The minimum Gasteiger partial charge on any atom is -0.386 e. The summed E-state index contributed by atoms with van der Waals surface area (Å²) in [5.41, 5.74) is -0.405. The van der Waals surface area contributed by atoms with Gasteiger partial charge in [-0.3, -0.25) is 4.79 Å². The van der Waals surface area contributed by atoms with Crippen LogP contribution in [0.3, 0.4) is 0 Å². The van der Waals surface area contributed by atoms with E-state index in [-0.39, 0.29) is 4.47 Å². The number of aromatic nitrogens is 1. The molecule has 0 fully saturated rings. The number of carbonyl (C=O) groups is 1. The third kappa shape index (κ3) is 3.50. The summed E-state index contributed by atoms with van der Waals surface area (Å²) in [5.74, 6) is -0.937. The SMILES string of the molecule is O=C(Cl)c1cc(Br)c(Cl)c(OC(F)(F)F)n1. The maximum Gasteiger partial charge on any atom is 0.574 e. The predicted octanol–water partition coefficient (Wildman–Crippen LogP) is 3.78. The molecule has 0 saturated carbocycles. The highest BCUT2D eigenvalue weighted by atomic mass is 79.9. The number of hydrogen-bond donors (Lipinski definition) is 0. The molecule has 0 unspecified atom stereocenters. The van der Waals surface area contributed by atoms with Crippen molar-refractivity contribution in [3.63, 3.8) is 0 Å². The summed E-state index contributed by atoms with van der Waals surface area (Å²) in [6.07, 6.45) is -4.95. The second kappa shape index (κ2) is 4.77. The molecule has 88 valence electrons. The highest BCUT2D eigenvalue weighted by Crippen LogP contribution is 2.34. The molecule has 16 heavy (non-hydrogen) atoms. The Morgan fingerprint density at radius 3 is 2.50 bits per heavy atom. The van der Waals surface area contributed by atoms with Crippen LogP contribution in [0.2, 0.25) is 5.02 Å². The summed E-state index contributed by atoms with van der Waals surface area (Å²) in [6, 6.07) is 1.08. The van der Waals surface area contributed by atoms with Crippen molar-refractivity contribution in [1.82, 2.24) is 4.98 Å². The number of halogens is 6. The van der Waals surface area contributed by atoms with Gasteiger partial charge in [0, 0.05) is 4.47 Å². The lowest BCUT2D eigenvalue weighted by Crippen LogP contribution is -2.18. The Hall–Kier alpha value is -0.530. The van der Waals surface area contributed by atoms with Gasteiger partial charge in [0.1, 0.15) is 10.7 Å². The maximum absolute atomic E-state index is 11.9.